The topological polar surface area (TPSA) is 94.5 Å². The summed E-state index contributed by atoms with van der Waals surface area (Å²) < 4.78 is 44.1. The molecular formula is C30H28ClF3N4O3. The molecule has 0 saturated carbocycles. The largest absolute Gasteiger partial charge is 0.573 e. The van der Waals surface area contributed by atoms with Crippen molar-refractivity contribution in [2.75, 3.05) is 19.6 Å². The maximum atomic E-state index is 13.2. The van der Waals surface area contributed by atoms with Crippen molar-refractivity contribution in [2.45, 2.75) is 38.2 Å². The normalized spacial score (nSPS) is 17.0. The fourth-order valence-electron chi connectivity index (χ4n) is 4.94. The molecule has 0 aromatic heterocycles. The van der Waals surface area contributed by atoms with Gasteiger partial charge in [-0.05, 0) is 41.8 Å². The second-order valence-electron chi connectivity index (χ2n) is 9.72. The number of amides is 2. The molecule has 1 heterocycles. The average Bonchev–Trinajstić information content (AvgIpc) is 2.95. The van der Waals surface area contributed by atoms with Crippen molar-refractivity contribution in [1.82, 2.24) is 15.5 Å². The van der Waals surface area contributed by atoms with Gasteiger partial charge < -0.3 is 20.3 Å². The lowest BCUT2D eigenvalue weighted by Crippen LogP contribution is -2.51. The van der Waals surface area contributed by atoms with Crippen molar-refractivity contribution in [1.29, 1.82) is 5.26 Å². The summed E-state index contributed by atoms with van der Waals surface area (Å²) in [6.07, 6.45) is -4.34. The van der Waals surface area contributed by atoms with Gasteiger partial charge in [-0.3, -0.25) is 9.59 Å². The number of hydrogen-bond acceptors (Lipinski definition) is 5. The molecule has 2 N–H and O–H groups in total. The molecule has 4 rings (SSSR count). The Bertz CT molecular complexity index is 1440. The van der Waals surface area contributed by atoms with Crippen LogP contribution in [0.4, 0.5) is 13.2 Å². The van der Waals surface area contributed by atoms with Crippen LogP contribution in [0.3, 0.4) is 0 Å². The van der Waals surface area contributed by atoms with E-state index in [1.165, 1.54) is 25.1 Å². The van der Waals surface area contributed by atoms with Gasteiger partial charge in [-0.15, -0.1) is 13.2 Å². The summed E-state index contributed by atoms with van der Waals surface area (Å²) in [7, 11) is 0. The highest BCUT2D eigenvalue weighted by Gasteiger charge is 2.34. The molecular weight excluding hydrogens is 557 g/mol. The summed E-state index contributed by atoms with van der Waals surface area (Å²) in [4.78, 5) is 25.7. The highest BCUT2D eigenvalue weighted by molar-refractivity contribution is 6.33. The molecule has 3 aromatic carbocycles. The van der Waals surface area contributed by atoms with Crippen LogP contribution in [0.5, 0.6) is 5.75 Å². The first kappa shape index (κ1) is 29.9. The molecule has 0 radical (unpaired) electrons. The number of nitrogens with zero attached hydrogens (tertiary/aromatic N) is 2. The van der Waals surface area contributed by atoms with Gasteiger partial charge in [0.1, 0.15) is 5.75 Å². The Morgan fingerprint density at radius 2 is 1.88 bits per heavy atom. The summed E-state index contributed by atoms with van der Waals surface area (Å²) in [6, 6.07) is 20.5. The smallest absolute Gasteiger partial charge is 0.405 e. The fourth-order valence-corrected chi connectivity index (χ4v) is 5.23. The van der Waals surface area contributed by atoms with Gasteiger partial charge in [-0.1, -0.05) is 54.1 Å². The van der Waals surface area contributed by atoms with Crippen LogP contribution in [0.15, 0.2) is 66.7 Å². The van der Waals surface area contributed by atoms with Crippen molar-refractivity contribution in [3.8, 4) is 22.9 Å². The number of carbonyl (C=O) groups excluding carboxylic acids is 2. The fraction of sp³-hybridized carbons (Fsp3) is 0.300. The van der Waals surface area contributed by atoms with E-state index in [1.54, 1.807) is 23.1 Å². The maximum Gasteiger partial charge on any atom is 0.573 e. The predicted octanol–water partition coefficient (Wildman–Crippen LogP) is 5.39. The number of rotatable bonds is 8. The van der Waals surface area contributed by atoms with E-state index >= 15 is 0 Å². The van der Waals surface area contributed by atoms with Gasteiger partial charge in [0.15, 0.2) is 0 Å². The zero-order valence-corrected chi connectivity index (χ0v) is 22.9. The van der Waals surface area contributed by atoms with Crippen LogP contribution < -0.4 is 15.4 Å². The molecule has 0 aliphatic carbocycles. The Balaban J connectivity index is 1.59. The standard InChI is InChI=1S/C30H28ClF3N4O3/c1-19(39)36-17-29(40)38-12-11-27(25(18-38)21-5-3-2-4-6-21)37-16-23-14-22(8-10-28(23)41-30(32,33)34)24-9-7-20(15-35)13-26(24)31/h2-10,13-14,25,27,37H,11-12,16-18H2,1H3,(H,36,39)/t25-,27-/m0/s1. The number of ether oxygens (including phenoxy) is 1. The van der Waals surface area contributed by atoms with Crippen LogP contribution in [0.2, 0.25) is 5.02 Å². The number of nitrogens with one attached hydrogen (secondary N) is 2. The molecule has 2 amide bonds. The molecule has 3 aromatic rings. The third kappa shape index (κ3) is 7.99. The number of nitriles is 1. The maximum absolute atomic E-state index is 13.2. The Morgan fingerprint density at radius 3 is 2.54 bits per heavy atom. The van der Waals surface area contributed by atoms with E-state index < -0.39 is 6.36 Å². The Kier molecular flexibility index (Phi) is 9.53. The molecule has 0 bridgehead atoms. The zero-order chi connectivity index (χ0) is 29.6. The number of benzene rings is 3. The summed E-state index contributed by atoms with van der Waals surface area (Å²) in [6.45, 7) is 2.11. The minimum Gasteiger partial charge on any atom is -0.405 e. The van der Waals surface area contributed by atoms with E-state index in [2.05, 4.69) is 15.4 Å². The first-order valence-electron chi connectivity index (χ1n) is 12.9. The van der Waals surface area contributed by atoms with Crippen LogP contribution >= 0.6 is 11.6 Å². The van der Waals surface area contributed by atoms with Crippen molar-refractivity contribution in [3.05, 3.63) is 88.4 Å². The first-order valence-corrected chi connectivity index (χ1v) is 13.3. The summed E-state index contributed by atoms with van der Waals surface area (Å²) in [5.74, 6) is -0.976. The van der Waals surface area contributed by atoms with Gasteiger partial charge >= 0.3 is 6.36 Å². The average molecular weight is 585 g/mol. The Hall–Kier alpha value is -4.07. The van der Waals surface area contributed by atoms with Gasteiger partial charge in [0.2, 0.25) is 11.8 Å². The van der Waals surface area contributed by atoms with Crippen LogP contribution in [0.25, 0.3) is 11.1 Å². The SMILES string of the molecule is CC(=O)NCC(=O)N1CC[C@H](NCc2cc(-c3ccc(C#N)cc3Cl)ccc2OC(F)(F)F)[C@H](c2ccccc2)C1. The predicted molar refractivity (Wildman–Crippen MR) is 148 cm³/mol. The number of halogens is 4. The minimum atomic E-state index is -4.88. The third-order valence-corrected chi connectivity index (χ3v) is 7.24. The second kappa shape index (κ2) is 13.1. The quantitative estimate of drug-likeness (QED) is 0.370. The summed E-state index contributed by atoms with van der Waals surface area (Å²) in [5, 5.41) is 15.4. The number of alkyl halides is 3. The molecule has 1 aliphatic rings. The van der Waals surface area contributed by atoms with Crippen LogP contribution in [-0.2, 0) is 16.1 Å². The molecule has 0 spiro atoms. The van der Waals surface area contributed by atoms with E-state index in [0.29, 0.717) is 41.2 Å². The molecule has 1 saturated heterocycles. The lowest BCUT2D eigenvalue weighted by atomic mass is 9.85. The van der Waals surface area contributed by atoms with Crippen molar-refractivity contribution < 1.29 is 27.5 Å². The monoisotopic (exact) mass is 584 g/mol. The molecule has 2 atom stereocenters. The molecule has 11 heteroatoms. The first-order chi connectivity index (χ1) is 19.5. The summed E-state index contributed by atoms with van der Waals surface area (Å²) >= 11 is 6.37. The zero-order valence-electron chi connectivity index (χ0n) is 22.2. The van der Waals surface area contributed by atoms with Crippen molar-refractivity contribution in [3.63, 3.8) is 0 Å². The van der Waals surface area contributed by atoms with Crippen molar-refractivity contribution in [2.24, 2.45) is 0 Å². The molecule has 41 heavy (non-hydrogen) atoms. The van der Waals surface area contributed by atoms with E-state index in [4.69, 9.17) is 16.9 Å². The van der Waals surface area contributed by atoms with Gasteiger partial charge in [0, 0.05) is 54.7 Å². The van der Waals surface area contributed by atoms with E-state index in [-0.39, 0.29) is 48.2 Å². The second-order valence-corrected chi connectivity index (χ2v) is 10.1. The number of likely N-dealkylation sites (tertiary alicyclic amines) is 1. The summed E-state index contributed by atoms with van der Waals surface area (Å²) in [5.41, 5.74) is 2.76. The third-order valence-electron chi connectivity index (χ3n) is 6.93. The lowest BCUT2D eigenvalue weighted by Gasteiger charge is -2.39. The van der Waals surface area contributed by atoms with Gasteiger partial charge in [0.25, 0.3) is 0 Å². The number of hydrogen-bond donors (Lipinski definition) is 2. The van der Waals surface area contributed by atoms with Gasteiger partial charge in [-0.2, -0.15) is 5.26 Å². The Labute approximate surface area is 240 Å². The van der Waals surface area contributed by atoms with Crippen LogP contribution in [0.1, 0.15) is 36.0 Å². The highest BCUT2D eigenvalue weighted by atomic mass is 35.5. The molecule has 7 nitrogen and oxygen atoms in total. The number of carbonyl (C=O) groups is 2. The van der Waals surface area contributed by atoms with Crippen LogP contribution in [-0.4, -0.2) is 48.8 Å². The molecule has 0 unspecified atom stereocenters. The lowest BCUT2D eigenvalue weighted by molar-refractivity contribution is -0.274. The van der Waals surface area contributed by atoms with Crippen LogP contribution in [0, 0.1) is 11.3 Å². The molecule has 214 valence electrons. The number of piperidine rings is 1. The van der Waals surface area contributed by atoms with Crippen molar-refractivity contribution >= 4 is 23.4 Å². The van der Waals surface area contributed by atoms with Gasteiger partial charge in [0.05, 0.1) is 18.2 Å². The van der Waals surface area contributed by atoms with E-state index in [9.17, 15) is 22.8 Å². The minimum absolute atomic E-state index is 0.0565. The van der Waals surface area contributed by atoms with E-state index in [0.717, 1.165) is 5.56 Å². The van der Waals surface area contributed by atoms with E-state index in [1.807, 2.05) is 36.4 Å². The molecule has 1 aliphatic heterocycles. The Morgan fingerprint density at radius 1 is 1.12 bits per heavy atom. The van der Waals surface area contributed by atoms with Gasteiger partial charge in [-0.25, -0.2) is 0 Å². The molecule has 1 fully saturated rings. The highest BCUT2D eigenvalue weighted by Crippen LogP contribution is 2.35.